The maximum absolute atomic E-state index is 13.0. The van der Waals surface area contributed by atoms with Gasteiger partial charge in [0.1, 0.15) is 6.10 Å². The molecule has 1 aliphatic rings. The van der Waals surface area contributed by atoms with Crippen molar-refractivity contribution in [1.82, 2.24) is 0 Å². The fraction of sp³-hybridized carbons (Fsp3) is 0.970. The van der Waals surface area contributed by atoms with Crippen LogP contribution in [0.15, 0.2) is 0 Å². The first-order chi connectivity index (χ1) is 19.6. The summed E-state index contributed by atoms with van der Waals surface area (Å²) < 4.78 is 34.4. The van der Waals surface area contributed by atoms with Crippen LogP contribution in [-0.4, -0.2) is 83.3 Å². The summed E-state index contributed by atoms with van der Waals surface area (Å²) in [5, 5.41) is 0. The number of unbranched alkanes of at least 4 members (excludes halogenated alkanes) is 23. The van der Waals surface area contributed by atoms with Gasteiger partial charge < -0.3 is 9.26 Å². The molecule has 2 atom stereocenters. The van der Waals surface area contributed by atoms with Gasteiger partial charge >= 0.3 is 65.2 Å². The van der Waals surface area contributed by atoms with Crippen LogP contribution in [0.5, 0.6) is 0 Å². The summed E-state index contributed by atoms with van der Waals surface area (Å²) in [7, 11) is -3.89. The van der Waals surface area contributed by atoms with Gasteiger partial charge in [-0.25, -0.2) is 4.57 Å². The predicted octanol–water partition coefficient (Wildman–Crippen LogP) is 10.6. The third kappa shape index (κ3) is 29.7. The molecule has 1 rings (SSSR count). The van der Waals surface area contributed by atoms with Crippen molar-refractivity contribution in [3.63, 3.8) is 0 Å². The summed E-state index contributed by atoms with van der Waals surface area (Å²) >= 11 is 0. The Labute approximate surface area is 296 Å². The van der Waals surface area contributed by atoms with E-state index in [4.69, 9.17) is 18.3 Å². The summed E-state index contributed by atoms with van der Waals surface area (Å²) in [4.78, 5) is 12.4. The molecule has 0 amide bonds. The molecule has 8 heteroatoms. The Balaban J connectivity index is 0.0000160. The van der Waals surface area contributed by atoms with Crippen LogP contribution in [0.3, 0.4) is 0 Å². The molecule has 0 saturated carbocycles. The monoisotopic (exact) mass is 628 g/mol. The first-order valence-electron chi connectivity index (χ1n) is 17.3. The van der Waals surface area contributed by atoms with E-state index in [1.54, 1.807) is 0 Å². The third-order valence-electron chi connectivity index (χ3n) is 7.77. The van der Waals surface area contributed by atoms with Crippen molar-refractivity contribution >= 4 is 65.2 Å². The van der Waals surface area contributed by atoms with Crippen LogP contribution >= 0.6 is 7.82 Å². The zero-order valence-electron chi connectivity index (χ0n) is 26.5. The van der Waals surface area contributed by atoms with Crippen molar-refractivity contribution in [2.75, 3.05) is 19.8 Å². The van der Waals surface area contributed by atoms with Crippen molar-refractivity contribution in [1.29, 1.82) is 0 Å². The van der Waals surface area contributed by atoms with Gasteiger partial charge in [-0.05, 0) is 12.8 Å². The topological polar surface area (TPSA) is 74.4 Å². The molecule has 0 aromatic rings. The van der Waals surface area contributed by atoms with Crippen molar-refractivity contribution < 1.29 is 27.7 Å². The van der Waals surface area contributed by atoms with E-state index in [1.165, 1.54) is 122 Å². The number of carbonyl (C=O) groups is 1. The Hall–Kier alpha value is 1.22. The number of hydrogen-bond acceptors (Lipinski definition) is 6. The van der Waals surface area contributed by atoms with Gasteiger partial charge in [0.05, 0.1) is 19.8 Å². The van der Waals surface area contributed by atoms with E-state index in [9.17, 15) is 9.36 Å². The summed E-state index contributed by atoms with van der Waals surface area (Å²) in [6.45, 7) is 5.53. The molecule has 0 N–H and O–H groups in total. The number of phosphoric acid groups is 1. The molecule has 0 radical (unpaired) electrons. The molecule has 0 bridgehead atoms. The van der Waals surface area contributed by atoms with Gasteiger partial charge in [-0.1, -0.05) is 162 Å². The van der Waals surface area contributed by atoms with Crippen LogP contribution in [0.4, 0.5) is 0 Å². The Bertz CT molecular complexity index is 617. The zero-order chi connectivity index (χ0) is 29.0. The Morgan fingerprint density at radius 3 is 1.37 bits per heavy atom. The number of hydrogen-bond donors (Lipinski definition) is 0. The second kappa shape index (κ2) is 31.2. The molecule has 0 aliphatic carbocycles. The SMILES string of the molecule is CCCCCCCCCCCCCCCCOP(=O)(OCC1CO1)OC(=O)CCCCCCCCCCCCC.[KH]. The Kier molecular flexibility index (Phi) is 32.1. The normalized spacial score (nSPS) is 15.8. The van der Waals surface area contributed by atoms with Crippen LogP contribution in [0, 0.1) is 0 Å². The fourth-order valence-electron chi connectivity index (χ4n) is 5.01. The van der Waals surface area contributed by atoms with Gasteiger partial charge in [-0.2, -0.15) is 0 Å². The average Bonchev–Trinajstić information content (AvgIpc) is 3.77. The molecule has 1 heterocycles. The second-order valence-electron chi connectivity index (χ2n) is 11.9. The molecular formula is C33H66KO6P. The maximum atomic E-state index is 13.0. The molecule has 1 saturated heterocycles. The minimum absolute atomic E-state index is 0. The summed E-state index contributed by atoms with van der Waals surface area (Å²) in [5.41, 5.74) is 0. The number of rotatable bonds is 32. The minimum atomic E-state index is -3.89. The van der Waals surface area contributed by atoms with Gasteiger partial charge in [0, 0.05) is 6.42 Å². The van der Waals surface area contributed by atoms with Crippen LogP contribution in [0.1, 0.15) is 181 Å². The van der Waals surface area contributed by atoms with E-state index in [0.29, 0.717) is 6.61 Å². The van der Waals surface area contributed by atoms with Gasteiger partial charge in [0.25, 0.3) is 0 Å². The molecule has 240 valence electrons. The van der Waals surface area contributed by atoms with Crippen LogP contribution < -0.4 is 0 Å². The van der Waals surface area contributed by atoms with Gasteiger partial charge in [0.2, 0.25) is 0 Å². The van der Waals surface area contributed by atoms with Crippen molar-refractivity contribution in [3.8, 4) is 0 Å². The van der Waals surface area contributed by atoms with E-state index in [0.717, 1.165) is 38.5 Å². The molecule has 2 unspecified atom stereocenters. The van der Waals surface area contributed by atoms with E-state index >= 15 is 0 Å². The van der Waals surface area contributed by atoms with Gasteiger partial charge in [0.15, 0.2) is 0 Å². The second-order valence-corrected chi connectivity index (χ2v) is 13.5. The summed E-state index contributed by atoms with van der Waals surface area (Å²) in [6.07, 6.45) is 31.4. The predicted molar refractivity (Wildman–Crippen MR) is 174 cm³/mol. The van der Waals surface area contributed by atoms with E-state index < -0.39 is 13.8 Å². The first kappa shape index (κ1) is 42.2. The number of epoxide rings is 1. The van der Waals surface area contributed by atoms with E-state index in [-0.39, 0.29) is 77.1 Å². The number of ether oxygens (including phenoxy) is 1. The van der Waals surface area contributed by atoms with Gasteiger partial charge in [-0.15, -0.1) is 0 Å². The quantitative estimate of drug-likeness (QED) is 0.0319. The molecule has 1 aliphatic heterocycles. The molecule has 41 heavy (non-hydrogen) atoms. The molecule has 0 aromatic carbocycles. The van der Waals surface area contributed by atoms with Crippen LogP contribution in [-0.2, 0) is 27.7 Å². The van der Waals surface area contributed by atoms with Crippen molar-refractivity contribution in [3.05, 3.63) is 0 Å². The third-order valence-corrected chi connectivity index (χ3v) is 9.16. The fourth-order valence-corrected chi connectivity index (χ4v) is 6.23. The van der Waals surface area contributed by atoms with Crippen molar-refractivity contribution in [2.45, 2.75) is 187 Å². The molecule has 0 aromatic heterocycles. The molecule has 0 spiro atoms. The first-order valence-corrected chi connectivity index (χ1v) is 18.8. The Morgan fingerprint density at radius 2 is 0.976 bits per heavy atom. The molecular weight excluding hydrogens is 562 g/mol. The van der Waals surface area contributed by atoms with Crippen LogP contribution in [0.2, 0.25) is 0 Å². The number of carbonyl (C=O) groups excluding carboxylic acids is 1. The molecule has 6 nitrogen and oxygen atoms in total. The van der Waals surface area contributed by atoms with Gasteiger partial charge in [-0.3, -0.25) is 13.8 Å². The van der Waals surface area contributed by atoms with E-state index in [1.807, 2.05) is 0 Å². The standard InChI is InChI=1S/C33H65O6P.K.H/c1-3-5-7-9-11-13-15-16-17-19-21-23-25-27-29-37-40(35,38-31-32-30-36-32)39-33(34)28-26-24-22-20-18-14-12-10-8-6-4-2;;/h32H,3-31H2,1-2H3;;. The number of phosphoric ester groups is 1. The summed E-state index contributed by atoms with van der Waals surface area (Å²) in [5.74, 6) is -0.489. The molecule has 1 fully saturated rings. The van der Waals surface area contributed by atoms with E-state index in [2.05, 4.69) is 13.8 Å². The van der Waals surface area contributed by atoms with Crippen LogP contribution in [0.25, 0.3) is 0 Å². The Morgan fingerprint density at radius 1 is 0.610 bits per heavy atom. The average molecular weight is 629 g/mol. The zero-order valence-corrected chi connectivity index (χ0v) is 27.4. The van der Waals surface area contributed by atoms with Crippen molar-refractivity contribution in [2.24, 2.45) is 0 Å². The summed E-state index contributed by atoms with van der Waals surface area (Å²) in [6, 6.07) is 0.